The highest BCUT2D eigenvalue weighted by Crippen LogP contribution is 2.20. The Morgan fingerprint density at radius 1 is 1.46 bits per heavy atom. The van der Waals surface area contributed by atoms with Gasteiger partial charge in [-0.3, -0.25) is 4.79 Å². The number of rotatable bonds is 5. The number of hydrogen-bond donors (Lipinski definition) is 2. The number of carbonyl (C=O) groups excluding carboxylic acids is 1. The summed E-state index contributed by atoms with van der Waals surface area (Å²) in [5.41, 5.74) is 5.42. The lowest BCUT2D eigenvalue weighted by molar-refractivity contribution is -0.120. The van der Waals surface area contributed by atoms with Crippen molar-refractivity contribution in [1.29, 1.82) is 0 Å². The number of hydrogen-bond acceptors (Lipinski definition) is 2. The summed E-state index contributed by atoms with van der Waals surface area (Å²) >= 11 is 0. The molecule has 0 aromatic carbocycles. The van der Waals surface area contributed by atoms with E-state index in [0.29, 0.717) is 0 Å². The van der Waals surface area contributed by atoms with Gasteiger partial charge < -0.3 is 11.1 Å². The van der Waals surface area contributed by atoms with Crippen molar-refractivity contribution < 1.29 is 4.79 Å². The maximum absolute atomic E-state index is 11.0. The second-order valence-electron chi connectivity index (χ2n) is 4.67. The van der Waals surface area contributed by atoms with Gasteiger partial charge in [0.05, 0.1) is 6.04 Å². The monoisotopic (exact) mass is 186 g/mol. The summed E-state index contributed by atoms with van der Waals surface area (Å²) in [5.74, 6) is -0.247. The maximum Gasteiger partial charge on any atom is 0.234 e. The van der Waals surface area contributed by atoms with Crippen molar-refractivity contribution in [3.8, 4) is 0 Å². The van der Waals surface area contributed by atoms with E-state index in [1.807, 2.05) is 0 Å². The number of primary amides is 1. The van der Waals surface area contributed by atoms with Crippen LogP contribution in [0.2, 0.25) is 0 Å². The first-order valence-corrected chi connectivity index (χ1v) is 4.89. The van der Waals surface area contributed by atoms with Crippen molar-refractivity contribution in [2.45, 2.75) is 46.6 Å². The molecule has 0 aromatic rings. The third-order valence-electron chi connectivity index (χ3n) is 1.80. The van der Waals surface area contributed by atoms with Crippen LogP contribution in [-0.4, -0.2) is 18.5 Å². The van der Waals surface area contributed by atoms with Crippen LogP contribution < -0.4 is 11.1 Å². The minimum Gasteiger partial charge on any atom is -0.368 e. The third-order valence-corrected chi connectivity index (χ3v) is 1.80. The molecule has 3 N–H and O–H groups in total. The van der Waals surface area contributed by atoms with Gasteiger partial charge in [-0.1, -0.05) is 27.7 Å². The first-order chi connectivity index (χ1) is 5.87. The fourth-order valence-corrected chi connectivity index (χ4v) is 1.20. The molecule has 0 spiro atoms. The Morgan fingerprint density at radius 2 is 2.00 bits per heavy atom. The molecule has 0 bridgehead atoms. The molecule has 0 aromatic heterocycles. The van der Waals surface area contributed by atoms with Gasteiger partial charge in [-0.15, -0.1) is 0 Å². The molecular weight excluding hydrogens is 164 g/mol. The molecule has 0 radical (unpaired) electrons. The van der Waals surface area contributed by atoms with E-state index < -0.39 is 0 Å². The van der Waals surface area contributed by atoms with E-state index in [1.54, 1.807) is 0 Å². The SMILES string of the molecule is CCCNC(CC(C)(C)C)C(N)=O. The summed E-state index contributed by atoms with van der Waals surface area (Å²) < 4.78 is 0. The summed E-state index contributed by atoms with van der Waals surface area (Å²) in [7, 11) is 0. The van der Waals surface area contributed by atoms with Crippen molar-refractivity contribution in [2.75, 3.05) is 6.54 Å². The fourth-order valence-electron chi connectivity index (χ4n) is 1.20. The topological polar surface area (TPSA) is 55.1 Å². The summed E-state index contributed by atoms with van der Waals surface area (Å²) in [5, 5.41) is 3.15. The first kappa shape index (κ1) is 12.4. The van der Waals surface area contributed by atoms with Crippen LogP contribution in [0.5, 0.6) is 0 Å². The van der Waals surface area contributed by atoms with E-state index in [9.17, 15) is 4.79 Å². The number of nitrogens with two attached hydrogens (primary N) is 1. The molecule has 1 amide bonds. The van der Waals surface area contributed by atoms with Crippen molar-refractivity contribution in [1.82, 2.24) is 5.32 Å². The second kappa shape index (κ2) is 5.22. The van der Waals surface area contributed by atoms with E-state index in [0.717, 1.165) is 19.4 Å². The predicted octanol–water partition coefficient (Wildman–Crippen LogP) is 1.28. The van der Waals surface area contributed by atoms with Gasteiger partial charge in [0.15, 0.2) is 0 Å². The Kier molecular flexibility index (Phi) is 4.99. The smallest absolute Gasteiger partial charge is 0.234 e. The molecule has 0 aliphatic rings. The highest BCUT2D eigenvalue weighted by Gasteiger charge is 2.21. The molecule has 0 heterocycles. The highest BCUT2D eigenvalue weighted by atomic mass is 16.1. The Hall–Kier alpha value is -0.570. The van der Waals surface area contributed by atoms with Gasteiger partial charge in [-0.2, -0.15) is 0 Å². The van der Waals surface area contributed by atoms with Gasteiger partial charge in [0.1, 0.15) is 0 Å². The van der Waals surface area contributed by atoms with Crippen LogP contribution in [0.15, 0.2) is 0 Å². The highest BCUT2D eigenvalue weighted by molar-refractivity contribution is 5.79. The van der Waals surface area contributed by atoms with Crippen LogP contribution in [0.4, 0.5) is 0 Å². The molecule has 0 rings (SSSR count). The lowest BCUT2D eigenvalue weighted by Crippen LogP contribution is -2.43. The number of nitrogens with one attached hydrogen (secondary N) is 1. The molecule has 1 atom stereocenters. The molecule has 0 aliphatic carbocycles. The molecule has 0 saturated heterocycles. The van der Waals surface area contributed by atoms with Crippen LogP contribution in [0.3, 0.4) is 0 Å². The maximum atomic E-state index is 11.0. The average Bonchev–Trinajstić information content (AvgIpc) is 1.95. The zero-order chi connectivity index (χ0) is 10.5. The van der Waals surface area contributed by atoms with Gasteiger partial charge >= 0.3 is 0 Å². The standard InChI is InChI=1S/C10H22N2O/c1-5-6-12-8(9(11)13)7-10(2,3)4/h8,12H,5-7H2,1-4H3,(H2,11,13). The van der Waals surface area contributed by atoms with Crippen molar-refractivity contribution in [3.63, 3.8) is 0 Å². The predicted molar refractivity (Wildman–Crippen MR) is 55.3 cm³/mol. The second-order valence-corrected chi connectivity index (χ2v) is 4.67. The summed E-state index contributed by atoms with van der Waals surface area (Å²) in [6.45, 7) is 9.25. The zero-order valence-electron chi connectivity index (χ0n) is 9.18. The van der Waals surface area contributed by atoms with Crippen molar-refractivity contribution in [2.24, 2.45) is 11.1 Å². The van der Waals surface area contributed by atoms with Gasteiger partial charge in [-0.05, 0) is 24.8 Å². The minimum atomic E-state index is -0.247. The van der Waals surface area contributed by atoms with E-state index in [2.05, 4.69) is 33.0 Å². The van der Waals surface area contributed by atoms with Crippen LogP contribution >= 0.6 is 0 Å². The van der Waals surface area contributed by atoms with E-state index in [4.69, 9.17) is 5.73 Å². The molecule has 78 valence electrons. The van der Waals surface area contributed by atoms with Crippen LogP contribution in [0.1, 0.15) is 40.5 Å². The molecule has 1 unspecified atom stereocenters. The largest absolute Gasteiger partial charge is 0.368 e. The average molecular weight is 186 g/mol. The Morgan fingerprint density at radius 3 is 2.31 bits per heavy atom. The summed E-state index contributed by atoms with van der Waals surface area (Å²) in [6.07, 6.45) is 1.82. The van der Waals surface area contributed by atoms with Crippen LogP contribution in [0.25, 0.3) is 0 Å². The molecule has 3 heteroatoms. The van der Waals surface area contributed by atoms with Gasteiger partial charge in [0, 0.05) is 0 Å². The quantitative estimate of drug-likeness (QED) is 0.679. The number of amides is 1. The van der Waals surface area contributed by atoms with Crippen LogP contribution in [-0.2, 0) is 4.79 Å². The Balaban J connectivity index is 4.03. The lowest BCUT2D eigenvalue weighted by atomic mass is 9.88. The molecule has 13 heavy (non-hydrogen) atoms. The van der Waals surface area contributed by atoms with Crippen molar-refractivity contribution >= 4 is 5.91 Å². The normalized spacial score (nSPS) is 14.2. The summed E-state index contributed by atoms with van der Waals surface area (Å²) in [6, 6.07) is -0.181. The van der Waals surface area contributed by atoms with Gasteiger partial charge in [-0.25, -0.2) is 0 Å². The Labute approximate surface area is 81.1 Å². The molecule has 0 saturated carbocycles. The van der Waals surface area contributed by atoms with Crippen LogP contribution in [0, 0.1) is 5.41 Å². The van der Waals surface area contributed by atoms with E-state index in [-0.39, 0.29) is 17.4 Å². The van der Waals surface area contributed by atoms with E-state index in [1.165, 1.54) is 0 Å². The molecule has 3 nitrogen and oxygen atoms in total. The third kappa shape index (κ3) is 6.58. The molecule has 0 fully saturated rings. The first-order valence-electron chi connectivity index (χ1n) is 4.89. The number of carbonyl (C=O) groups is 1. The fraction of sp³-hybridized carbons (Fsp3) is 0.900. The molecular formula is C10H22N2O. The van der Waals surface area contributed by atoms with Gasteiger partial charge in [0.25, 0.3) is 0 Å². The lowest BCUT2D eigenvalue weighted by Gasteiger charge is -2.24. The zero-order valence-corrected chi connectivity index (χ0v) is 9.18. The molecule has 0 aliphatic heterocycles. The van der Waals surface area contributed by atoms with E-state index >= 15 is 0 Å². The van der Waals surface area contributed by atoms with Gasteiger partial charge in [0.2, 0.25) is 5.91 Å². The van der Waals surface area contributed by atoms with Crippen molar-refractivity contribution in [3.05, 3.63) is 0 Å². The summed E-state index contributed by atoms with van der Waals surface area (Å²) in [4.78, 5) is 11.0. The minimum absolute atomic E-state index is 0.139. The Bertz CT molecular complexity index is 161.